The highest BCUT2D eigenvalue weighted by molar-refractivity contribution is 6.25. The minimum absolute atomic E-state index is 0.145. The van der Waals surface area contributed by atoms with E-state index in [1.807, 2.05) is 61.5 Å². The number of aromatic hydroxyl groups is 1. The Morgan fingerprint density at radius 1 is 0.696 bits per heavy atom. The summed E-state index contributed by atoms with van der Waals surface area (Å²) in [7, 11) is 6.06. The molecule has 0 spiro atoms. The first-order chi connectivity index (χ1) is 27.0. The number of allylic oxidation sites excluding steroid dienone is 2. The standard InChI is InChI=1S/C45H42N2O9/c1-45-34(42(50)47(44(45)52)28-9-7-6-8-10-28)24-33-31(39(45)27-22-36(55-4)40(48)37(23-27)56-5)18-19-32-38(33)43(51)46(41(32)49)29-15-12-25(13-16-29)11-14-26-21-30(53-2)17-20-35(26)54-3/h6-18,20-23,32-34,38-39,48H,19,24H2,1-5H3/t32-,33+,34-,38-,39-,45+/m0/s1. The lowest BCUT2D eigenvalue weighted by Gasteiger charge is -2.49. The summed E-state index contributed by atoms with van der Waals surface area (Å²) in [5.74, 6) is -3.27. The lowest BCUT2D eigenvalue weighted by atomic mass is 9.51. The van der Waals surface area contributed by atoms with E-state index in [1.165, 1.54) is 24.0 Å². The average Bonchev–Trinajstić information content (AvgIpc) is 3.59. The van der Waals surface area contributed by atoms with Crippen molar-refractivity contribution in [3.63, 3.8) is 0 Å². The first kappa shape index (κ1) is 36.6. The Balaban J connectivity index is 1.16. The molecular weight excluding hydrogens is 713 g/mol. The Labute approximate surface area is 324 Å². The van der Waals surface area contributed by atoms with Crippen LogP contribution in [-0.2, 0) is 19.2 Å². The maximum atomic E-state index is 14.7. The molecule has 286 valence electrons. The van der Waals surface area contributed by atoms with Gasteiger partial charge in [0.1, 0.15) is 11.5 Å². The predicted octanol–water partition coefficient (Wildman–Crippen LogP) is 7.03. The smallest absolute Gasteiger partial charge is 0.241 e. The fourth-order valence-corrected chi connectivity index (χ4v) is 9.44. The summed E-state index contributed by atoms with van der Waals surface area (Å²) in [6.45, 7) is 1.81. The summed E-state index contributed by atoms with van der Waals surface area (Å²) < 4.78 is 21.9. The highest BCUT2D eigenvalue weighted by atomic mass is 16.5. The number of phenols is 1. The quantitative estimate of drug-likeness (QED) is 0.109. The largest absolute Gasteiger partial charge is 0.502 e. The molecule has 2 saturated heterocycles. The van der Waals surface area contributed by atoms with Crippen LogP contribution in [0.15, 0.2) is 96.6 Å². The summed E-state index contributed by atoms with van der Waals surface area (Å²) in [5.41, 5.74) is 2.74. The van der Waals surface area contributed by atoms with Gasteiger partial charge in [0.2, 0.25) is 29.4 Å². The van der Waals surface area contributed by atoms with Crippen LogP contribution in [0.2, 0.25) is 0 Å². The Bertz CT molecular complexity index is 2290. The molecule has 0 bridgehead atoms. The third-order valence-electron chi connectivity index (χ3n) is 12.2. The number of hydrogen-bond acceptors (Lipinski definition) is 9. The molecule has 0 radical (unpaired) electrons. The molecular formula is C45H42N2O9. The van der Waals surface area contributed by atoms with Crippen LogP contribution < -0.4 is 28.7 Å². The number of rotatable bonds is 9. The molecule has 4 aromatic carbocycles. The van der Waals surface area contributed by atoms with Crippen molar-refractivity contribution in [3.05, 3.63) is 113 Å². The predicted molar refractivity (Wildman–Crippen MR) is 210 cm³/mol. The van der Waals surface area contributed by atoms with Gasteiger partial charge in [0, 0.05) is 11.5 Å². The number of amides is 4. The molecule has 4 aliphatic rings. The monoisotopic (exact) mass is 754 g/mol. The fourth-order valence-electron chi connectivity index (χ4n) is 9.44. The Kier molecular flexibility index (Phi) is 9.18. The van der Waals surface area contributed by atoms with E-state index in [4.69, 9.17) is 18.9 Å². The number of para-hydroxylation sites is 1. The van der Waals surface area contributed by atoms with Gasteiger partial charge in [-0.15, -0.1) is 0 Å². The van der Waals surface area contributed by atoms with Crippen molar-refractivity contribution in [1.29, 1.82) is 0 Å². The molecule has 2 heterocycles. The third kappa shape index (κ3) is 5.55. The number of carbonyl (C=O) groups is 4. The van der Waals surface area contributed by atoms with E-state index in [0.29, 0.717) is 28.4 Å². The van der Waals surface area contributed by atoms with Gasteiger partial charge >= 0.3 is 0 Å². The second-order valence-electron chi connectivity index (χ2n) is 14.8. The summed E-state index contributed by atoms with van der Waals surface area (Å²) >= 11 is 0. The van der Waals surface area contributed by atoms with E-state index < -0.39 is 35.0 Å². The SMILES string of the molecule is COc1ccc(OC)c(C=Cc2ccc(N3C(=O)[C@H]4[C@H](CC=C5[C@H]4C[C@H]4C(=O)N(c6ccccc6)C(=O)[C@@]4(C)[C@H]5c4cc(OC)c(O)c(OC)c4)C3=O)cc2)c1. The van der Waals surface area contributed by atoms with Crippen LogP contribution in [0, 0.1) is 29.1 Å². The second-order valence-corrected chi connectivity index (χ2v) is 14.8. The zero-order valence-electron chi connectivity index (χ0n) is 31.7. The van der Waals surface area contributed by atoms with Crippen LogP contribution in [0.4, 0.5) is 11.4 Å². The molecule has 6 atom stereocenters. The van der Waals surface area contributed by atoms with E-state index >= 15 is 0 Å². The van der Waals surface area contributed by atoms with Gasteiger partial charge in [-0.1, -0.05) is 54.1 Å². The summed E-state index contributed by atoms with van der Waals surface area (Å²) in [4.78, 5) is 60.6. The molecule has 11 heteroatoms. The number of imide groups is 2. The molecule has 0 aromatic heterocycles. The van der Waals surface area contributed by atoms with Crippen molar-refractivity contribution in [2.24, 2.45) is 29.1 Å². The average molecular weight is 755 g/mol. The number of methoxy groups -OCH3 is 4. The van der Waals surface area contributed by atoms with Crippen LogP contribution in [0.3, 0.4) is 0 Å². The number of anilines is 2. The molecule has 4 aromatic rings. The molecule has 0 unspecified atom stereocenters. The van der Waals surface area contributed by atoms with Crippen LogP contribution in [-0.4, -0.2) is 57.2 Å². The fraction of sp³-hybridized carbons (Fsp3) is 0.289. The molecule has 2 aliphatic heterocycles. The van der Waals surface area contributed by atoms with Crippen LogP contribution in [0.5, 0.6) is 28.7 Å². The maximum Gasteiger partial charge on any atom is 0.241 e. The number of ether oxygens (including phenoxy) is 4. The molecule has 8 rings (SSSR count). The lowest BCUT2D eigenvalue weighted by molar-refractivity contribution is -0.131. The van der Waals surface area contributed by atoms with Crippen molar-refractivity contribution in [1.82, 2.24) is 0 Å². The number of nitrogens with zero attached hydrogens (tertiary/aromatic N) is 2. The minimum Gasteiger partial charge on any atom is -0.502 e. The normalized spacial score (nSPS) is 25.5. The van der Waals surface area contributed by atoms with E-state index in [9.17, 15) is 24.3 Å². The van der Waals surface area contributed by atoms with E-state index in [-0.39, 0.29) is 53.7 Å². The van der Waals surface area contributed by atoms with Gasteiger partial charge in [-0.05, 0) is 91.4 Å². The van der Waals surface area contributed by atoms with Gasteiger partial charge in [-0.25, -0.2) is 4.90 Å². The molecule has 11 nitrogen and oxygen atoms in total. The highest BCUT2D eigenvalue weighted by Crippen LogP contribution is 2.64. The molecule has 1 saturated carbocycles. The Hall–Kier alpha value is -6.36. The topological polar surface area (TPSA) is 132 Å². The number of carbonyl (C=O) groups excluding carboxylic acids is 4. The van der Waals surface area contributed by atoms with Crippen molar-refractivity contribution in [3.8, 4) is 28.7 Å². The first-order valence-electron chi connectivity index (χ1n) is 18.5. The molecule has 4 amide bonds. The number of hydrogen-bond donors (Lipinski definition) is 1. The van der Waals surface area contributed by atoms with E-state index in [2.05, 4.69) is 0 Å². The summed E-state index contributed by atoms with van der Waals surface area (Å²) in [6, 6.07) is 24.9. The first-order valence-corrected chi connectivity index (χ1v) is 18.5. The zero-order valence-corrected chi connectivity index (χ0v) is 31.7. The van der Waals surface area contributed by atoms with E-state index in [0.717, 1.165) is 16.7 Å². The maximum absolute atomic E-state index is 14.7. The van der Waals surface area contributed by atoms with Gasteiger partial charge in [0.25, 0.3) is 0 Å². The van der Waals surface area contributed by atoms with Crippen LogP contribution in [0.25, 0.3) is 12.2 Å². The number of phenolic OH excluding ortho intramolecular Hbond substituents is 1. The van der Waals surface area contributed by atoms with Gasteiger partial charge < -0.3 is 24.1 Å². The lowest BCUT2D eigenvalue weighted by Crippen LogP contribution is -2.48. The summed E-state index contributed by atoms with van der Waals surface area (Å²) in [5, 5.41) is 10.8. The van der Waals surface area contributed by atoms with Crippen molar-refractivity contribution >= 4 is 47.2 Å². The van der Waals surface area contributed by atoms with Gasteiger partial charge in [-0.2, -0.15) is 0 Å². The van der Waals surface area contributed by atoms with Crippen molar-refractivity contribution < 1.29 is 43.2 Å². The van der Waals surface area contributed by atoms with Crippen molar-refractivity contribution in [2.75, 3.05) is 38.2 Å². The van der Waals surface area contributed by atoms with Crippen LogP contribution >= 0.6 is 0 Å². The minimum atomic E-state index is -1.27. The van der Waals surface area contributed by atoms with E-state index in [1.54, 1.807) is 62.8 Å². The summed E-state index contributed by atoms with van der Waals surface area (Å²) in [6.07, 6.45) is 6.31. The third-order valence-corrected chi connectivity index (χ3v) is 12.2. The Morgan fingerprint density at radius 2 is 1.36 bits per heavy atom. The molecule has 3 fully saturated rings. The Morgan fingerprint density at radius 3 is 2.00 bits per heavy atom. The van der Waals surface area contributed by atoms with Gasteiger partial charge in [0.05, 0.1) is 63.0 Å². The van der Waals surface area contributed by atoms with Crippen LogP contribution in [0.1, 0.15) is 42.4 Å². The second kappa shape index (κ2) is 14.1. The molecule has 1 N–H and O–H groups in total. The highest BCUT2D eigenvalue weighted by Gasteiger charge is 2.67. The molecule has 2 aliphatic carbocycles. The van der Waals surface area contributed by atoms with Gasteiger partial charge in [-0.3, -0.25) is 24.1 Å². The van der Waals surface area contributed by atoms with Gasteiger partial charge in [0.15, 0.2) is 11.5 Å². The van der Waals surface area contributed by atoms with Crippen molar-refractivity contribution in [2.45, 2.75) is 25.7 Å². The number of benzene rings is 4. The zero-order chi connectivity index (χ0) is 39.5. The number of fused-ring (bicyclic) bond motifs is 4. The molecule has 56 heavy (non-hydrogen) atoms.